The third kappa shape index (κ3) is 4.23. The summed E-state index contributed by atoms with van der Waals surface area (Å²) in [4.78, 5) is 29.2. The van der Waals surface area contributed by atoms with E-state index in [0.717, 1.165) is 24.8 Å². The second kappa shape index (κ2) is 7.47. The average Bonchev–Trinajstić information content (AvgIpc) is 3.41. The molecule has 130 valence electrons. The van der Waals surface area contributed by atoms with Crippen molar-refractivity contribution >= 4 is 23.7 Å². The number of thioether (sulfide) groups is 1. The molecule has 24 heavy (non-hydrogen) atoms. The Morgan fingerprint density at radius 1 is 1.29 bits per heavy atom. The van der Waals surface area contributed by atoms with Gasteiger partial charge in [0.2, 0.25) is 5.91 Å². The highest BCUT2D eigenvalue weighted by Gasteiger charge is 2.34. The SMILES string of the molecule is CSc1ccc(CN(C(=O)N[C@@H]2CCC(=O)N(C)C2)C2CC2)cc1. The van der Waals surface area contributed by atoms with Crippen LogP contribution in [0.1, 0.15) is 31.2 Å². The molecule has 1 saturated heterocycles. The molecule has 0 bridgehead atoms. The number of nitrogens with one attached hydrogen (secondary N) is 1. The van der Waals surface area contributed by atoms with Crippen LogP contribution >= 0.6 is 11.8 Å². The lowest BCUT2D eigenvalue weighted by atomic mass is 10.1. The van der Waals surface area contributed by atoms with E-state index in [1.165, 1.54) is 4.90 Å². The molecule has 3 amide bonds. The van der Waals surface area contributed by atoms with Crippen LogP contribution in [-0.4, -0.2) is 53.7 Å². The van der Waals surface area contributed by atoms with Crippen molar-refractivity contribution in [3.8, 4) is 0 Å². The molecule has 0 radical (unpaired) electrons. The van der Waals surface area contributed by atoms with Gasteiger partial charge in [0.25, 0.3) is 0 Å². The maximum absolute atomic E-state index is 12.7. The smallest absolute Gasteiger partial charge is 0.318 e. The molecule has 0 unspecified atom stereocenters. The fraction of sp³-hybridized carbons (Fsp3) is 0.556. The summed E-state index contributed by atoms with van der Waals surface area (Å²) in [6.45, 7) is 1.25. The molecule has 0 spiro atoms. The quantitative estimate of drug-likeness (QED) is 0.833. The van der Waals surface area contributed by atoms with E-state index in [1.54, 1.807) is 23.7 Å². The van der Waals surface area contributed by atoms with Crippen molar-refractivity contribution in [1.29, 1.82) is 0 Å². The van der Waals surface area contributed by atoms with Crippen molar-refractivity contribution in [2.75, 3.05) is 19.8 Å². The summed E-state index contributed by atoms with van der Waals surface area (Å²) in [7, 11) is 1.80. The van der Waals surface area contributed by atoms with Crippen molar-refractivity contribution in [3.05, 3.63) is 29.8 Å². The van der Waals surface area contributed by atoms with E-state index in [4.69, 9.17) is 0 Å². The van der Waals surface area contributed by atoms with Gasteiger partial charge in [-0.1, -0.05) is 12.1 Å². The number of rotatable bonds is 5. The zero-order chi connectivity index (χ0) is 17.1. The fourth-order valence-electron chi connectivity index (χ4n) is 3.07. The molecule has 5 nitrogen and oxygen atoms in total. The van der Waals surface area contributed by atoms with Crippen LogP contribution in [0.5, 0.6) is 0 Å². The van der Waals surface area contributed by atoms with Crippen LogP contribution in [0.3, 0.4) is 0 Å². The summed E-state index contributed by atoms with van der Waals surface area (Å²) in [5.74, 6) is 0.161. The molecule has 2 aliphatic rings. The second-order valence-electron chi connectivity index (χ2n) is 6.67. The predicted molar refractivity (Wildman–Crippen MR) is 96.0 cm³/mol. The van der Waals surface area contributed by atoms with E-state index < -0.39 is 0 Å². The van der Waals surface area contributed by atoms with Gasteiger partial charge in [0.15, 0.2) is 0 Å². The van der Waals surface area contributed by atoms with Gasteiger partial charge in [-0.05, 0) is 43.2 Å². The summed E-state index contributed by atoms with van der Waals surface area (Å²) >= 11 is 1.72. The maximum Gasteiger partial charge on any atom is 0.318 e. The van der Waals surface area contributed by atoms with Crippen LogP contribution in [0, 0.1) is 0 Å². The minimum Gasteiger partial charge on any atom is -0.344 e. The van der Waals surface area contributed by atoms with Gasteiger partial charge in [-0.25, -0.2) is 4.79 Å². The van der Waals surface area contributed by atoms with Crippen LogP contribution in [0.15, 0.2) is 29.2 Å². The van der Waals surface area contributed by atoms with Gasteiger partial charge in [0.05, 0.1) is 0 Å². The highest BCUT2D eigenvalue weighted by molar-refractivity contribution is 7.98. The highest BCUT2D eigenvalue weighted by Crippen LogP contribution is 2.29. The summed E-state index contributed by atoms with van der Waals surface area (Å²) in [5.41, 5.74) is 1.16. The first kappa shape index (κ1) is 17.1. The van der Waals surface area contributed by atoms with E-state index in [1.807, 2.05) is 4.90 Å². The van der Waals surface area contributed by atoms with E-state index in [9.17, 15) is 9.59 Å². The predicted octanol–water partition coefficient (Wildman–Crippen LogP) is 2.70. The third-order valence-electron chi connectivity index (χ3n) is 4.71. The monoisotopic (exact) mass is 347 g/mol. The van der Waals surface area contributed by atoms with Crippen LogP contribution in [0.4, 0.5) is 4.79 Å². The van der Waals surface area contributed by atoms with Gasteiger partial charge in [0, 0.05) is 43.5 Å². The lowest BCUT2D eigenvalue weighted by Crippen LogP contribution is -2.52. The molecular formula is C18H25N3O2S. The van der Waals surface area contributed by atoms with Crippen molar-refractivity contribution in [2.45, 2.75) is 49.2 Å². The fourth-order valence-corrected chi connectivity index (χ4v) is 3.48. The number of amides is 3. The molecular weight excluding hydrogens is 322 g/mol. The first-order chi connectivity index (χ1) is 11.6. The van der Waals surface area contributed by atoms with Crippen molar-refractivity contribution in [3.63, 3.8) is 0 Å². The van der Waals surface area contributed by atoms with Crippen molar-refractivity contribution < 1.29 is 9.59 Å². The van der Waals surface area contributed by atoms with Gasteiger partial charge in [0.1, 0.15) is 0 Å². The molecule has 1 heterocycles. The lowest BCUT2D eigenvalue weighted by molar-refractivity contribution is -0.132. The Balaban J connectivity index is 1.60. The molecule has 1 aromatic carbocycles. The van der Waals surface area contributed by atoms with E-state index in [0.29, 0.717) is 25.6 Å². The molecule has 6 heteroatoms. The molecule has 3 rings (SSSR count). The standard InChI is InChI=1S/C18H25N3O2S/c1-20-12-14(5-10-17(20)22)19-18(23)21(15-6-7-15)11-13-3-8-16(24-2)9-4-13/h3-4,8-9,14-15H,5-7,10-12H2,1-2H3,(H,19,23)/t14-/m1/s1. The number of hydrogen-bond acceptors (Lipinski definition) is 3. The summed E-state index contributed by atoms with van der Waals surface area (Å²) in [5, 5.41) is 3.12. The number of piperidine rings is 1. The zero-order valence-corrected chi connectivity index (χ0v) is 15.1. The number of carbonyl (C=O) groups excluding carboxylic acids is 2. The van der Waals surface area contributed by atoms with Crippen LogP contribution in [0.25, 0.3) is 0 Å². The molecule has 1 aliphatic heterocycles. The van der Waals surface area contributed by atoms with Crippen LogP contribution in [0.2, 0.25) is 0 Å². The summed E-state index contributed by atoms with van der Waals surface area (Å²) in [6, 6.07) is 8.81. The van der Waals surface area contributed by atoms with Crippen molar-refractivity contribution in [2.24, 2.45) is 0 Å². The third-order valence-corrected chi connectivity index (χ3v) is 5.46. The molecule has 1 aromatic rings. The van der Waals surface area contributed by atoms with Gasteiger partial charge < -0.3 is 15.1 Å². The lowest BCUT2D eigenvalue weighted by Gasteiger charge is -2.32. The first-order valence-electron chi connectivity index (χ1n) is 8.51. The Labute approximate surface area is 147 Å². The largest absolute Gasteiger partial charge is 0.344 e. The normalized spacial score (nSPS) is 20.8. The maximum atomic E-state index is 12.7. The highest BCUT2D eigenvalue weighted by atomic mass is 32.2. The van der Waals surface area contributed by atoms with Crippen LogP contribution in [-0.2, 0) is 11.3 Å². The van der Waals surface area contributed by atoms with Gasteiger partial charge >= 0.3 is 6.03 Å². The Morgan fingerprint density at radius 3 is 2.58 bits per heavy atom. The van der Waals surface area contributed by atoms with E-state index in [-0.39, 0.29) is 18.0 Å². The van der Waals surface area contributed by atoms with E-state index >= 15 is 0 Å². The minimum absolute atomic E-state index is 0.000748. The summed E-state index contributed by atoms with van der Waals surface area (Å²) < 4.78 is 0. The minimum atomic E-state index is -0.000748. The Bertz CT molecular complexity index is 601. The molecule has 0 aromatic heterocycles. The number of likely N-dealkylation sites (tertiary alicyclic amines) is 1. The summed E-state index contributed by atoms with van der Waals surface area (Å²) in [6.07, 6.45) is 5.47. The number of likely N-dealkylation sites (N-methyl/N-ethyl adjacent to an activating group) is 1. The Morgan fingerprint density at radius 2 is 2.00 bits per heavy atom. The van der Waals surface area contributed by atoms with E-state index in [2.05, 4.69) is 35.8 Å². The average molecular weight is 347 g/mol. The van der Waals surface area contributed by atoms with Crippen LogP contribution < -0.4 is 5.32 Å². The number of carbonyl (C=O) groups is 2. The molecule has 1 aliphatic carbocycles. The van der Waals surface area contributed by atoms with Crippen molar-refractivity contribution in [1.82, 2.24) is 15.1 Å². The molecule has 1 saturated carbocycles. The number of urea groups is 1. The Kier molecular flexibility index (Phi) is 5.33. The molecule has 1 atom stereocenters. The molecule has 1 N–H and O–H groups in total. The number of nitrogens with zero attached hydrogens (tertiary/aromatic N) is 2. The second-order valence-corrected chi connectivity index (χ2v) is 7.55. The number of hydrogen-bond donors (Lipinski definition) is 1. The number of benzene rings is 1. The van der Waals surface area contributed by atoms with Gasteiger partial charge in [-0.2, -0.15) is 0 Å². The Hall–Kier alpha value is -1.69. The van der Waals surface area contributed by atoms with Gasteiger partial charge in [-0.15, -0.1) is 11.8 Å². The zero-order valence-electron chi connectivity index (χ0n) is 14.3. The first-order valence-corrected chi connectivity index (χ1v) is 9.73. The topological polar surface area (TPSA) is 52.7 Å². The van der Waals surface area contributed by atoms with Gasteiger partial charge in [-0.3, -0.25) is 4.79 Å². The molecule has 2 fully saturated rings.